The Hall–Kier alpha value is -1.87. The van der Waals surface area contributed by atoms with Gasteiger partial charge in [-0.2, -0.15) is 0 Å². The van der Waals surface area contributed by atoms with Gasteiger partial charge >= 0.3 is 17.9 Å². The summed E-state index contributed by atoms with van der Waals surface area (Å²) in [6.45, 7) is -3.30. The van der Waals surface area contributed by atoms with Crippen molar-refractivity contribution in [1.29, 1.82) is 0 Å². The number of hydrogen-bond acceptors (Lipinski definition) is 12. The molecule has 0 saturated heterocycles. The van der Waals surface area contributed by atoms with E-state index in [1.165, 1.54) is 0 Å². The summed E-state index contributed by atoms with van der Waals surface area (Å²) in [6.07, 6.45) is -3.51. The number of ether oxygens (including phenoxy) is 3. The van der Waals surface area contributed by atoms with Crippen LogP contribution in [0, 0.1) is 0 Å². The van der Waals surface area contributed by atoms with Crippen molar-refractivity contribution in [2.24, 2.45) is 0 Å². The van der Waals surface area contributed by atoms with Crippen LogP contribution in [-0.4, -0.2) is 118 Å². The molecule has 7 N–H and O–H groups in total. The Morgan fingerprint density at radius 1 is 0.692 bits per heavy atom. The second-order valence-electron chi connectivity index (χ2n) is 4.61. The van der Waals surface area contributed by atoms with Gasteiger partial charge in [0.25, 0.3) is 0 Å². The highest BCUT2D eigenvalue weighted by molar-refractivity contribution is 6.29. The van der Waals surface area contributed by atoms with Crippen molar-refractivity contribution < 1.29 is 64.3 Å². The molecule has 13 heteroatoms. The molecular formula is C13H24O13. The fourth-order valence-corrected chi connectivity index (χ4v) is 0.902. The van der Waals surface area contributed by atoms with Gasteiger partial charge in [-0.25, -0.2) is 14.4 Å². The van der Waals surface area contributed by atoms with Crippen LogP contribution in [0.25, 0.3) is 0 Å². The minimum absolute atomic E-state index is 0.150. The molecule has 0 spiro atoms. The van der Waals surface area contributed by atoms with Gasteiger partial charge in [-0.15, -0.1) is 0 Å². The Balaban J connectivity index is 0. The van der Waals surface area contributed by atoms with E-state index in [4.69, 9.17) is 35.7 Å². The largest absolute Gasteiger partial charge is 0.480 e. The van der Waals surface area contributed by atoms with Crippen LogP contribution in [0.4, 0.5) is 0 Å². The molecule has 0 rings (SSSR count). The number of aliphatic hydroxyl groups excluding tert-OH is 6. The Morgan fingerprint density at radius 2 is 1.04 bits per heavy atom. The zero-order valence-corrected chi connectivity index (χ0v) is 13.8. The minimum atomic E-state index is -1.35. The zero-order chi connectivity index (χ0) is 20.5. The van der Waals surface area contributed by atoms with Crippen LogP contribution in [0.2, 0.25) is 0 Å². The lowest BCUT2D eigenvalue weighted by Gasteiger charge is -2.09. The number of carboxylic acid groups (broad SMARTS) is 1. The lowest BCUT2D eigenvalue weighted by Crippen LogP contribution is -2.29. The highest BCUT2D eigenvalue weighted by Gasteiger charge is 2.19. The predicted octanol–water partition coefficient (Wildman–Crippen LogP) is -4.78. The van der Waals surface area contributed by atoms with E-state index < -0.39 is 75.9 Å². The topological polar surface area (TPSA) is 221 Å². The van der Waals surface area contributed by atoms with Crippen molar-refractivity contribution in [1.82, 2.24) is 0 Å². The van der Waals surface area contributed by atoms with E-state index in [-0.39, 0.29) is 6.61 Å². The monoisotopic (exact) mass is 388 g/mol. The molecule has 3 atom stereocenters. The summed E-state index contributed by atoms with van der Waals surface area (Å²) in [5.74, 6) is -3.79. The summed E-state index contributed by atoms with van der Waals surface area (Å²) in [4.78, 5) is 31.5. The lowest BCUT2D eigenvalue weighted by atomic mass is 10.4. The zero-order valence-electron chi connectivity index (χ0n) is 13.8. The summed E-state index contributed by atoms with van der Waals surface area (Å²) in [5, 5.41) is 59.2. The third kappa shape index (κ3) is 17.0. The highest BCUT2D eigenvalue weighted by Crippen LogP contribution is 1.91. The van der Waals surface area contributed by atoms with Crippen molar-refractivity contribution in [2.75, 3.05) is 46.2 Å². The predicted molar refractivity (Wildman–Crippen MR) is 79.7 cm³/mol. The minimum Gasteiger partial charge on any atom is -0.480 e. The fraction of sp³-hybridized carbons (Fsp3) is 0.769. The van der Waals surface area contributed by atoms with Gasteiger partial charge in [0, 0.05) is 0 Å². The van der Waals surface area contributed by atoms with Gasteiger partial charge in [0.1, 0.15) is 38.1 Å². The number of aliphatic hydroxyl groups is 6. The van der Waals surface area contributed by atoms with Crippen LogP contribution < -0.4 is 0 Å². The Morgan fingerprint density at radius 3 is 1.35 bits per heavy atom. The second-order valence-corrected chi connectivity index (χ2v) is 4.61. The molecule has 0 heterocycles. The number of rotatable bonds is 11. The Labute approximate surface area is 148 Å². The highest BCUT2D eigenvalue weighted by atomic mass is 16.6. The summed E-state index contributed by atoms with van der Waals surface area (Å²) in [5.41, 5.74) is 0. The van der Waals surface area contributed by atoms with Crippen LogP contribution in [0.15, 0.2) is 0 Å². The molecule has 0 aliphatic rings. The van der Waals surface area contributed by atoms with E-state index in [0.29, 0.717) is 0 Å². The van der Waals surface area contributed by atoms with Crippen LogP contribution in [-0.2, 0) is 28.6 Å². The van der Waals surface area contributed by atoms with Gasteiger partial charge < -0.3 is 50.0 Å². The summed E-state index contributed by atoms with van der Waals surface area (Å²) < 4.78 is 12.9. The quantitative estimate of drug-likeness (QED) is 0.131. The Kier molecular flexibility index (Phi) is 16.8. The molecule has 3 unspecified atom stereocenters. The number of hydrogen-bond donors (Lipinski definition) is 7. The number of carbonyl (C=O) groups is 3. The maximum absolute atomic E-state index is 10.8. The van der Waals surface area contributed by atoms with Gasteiger partial charge in [-0.3, -0.25) is 0 Å². The molecular weight excluding hydrogens is 364 g/mol. The smallest absolute Gasteiger partial charge is 0.417 e. The van der Waals surface area contributed by atoms with E-state index in [1.54, 1.807) is 0 Å². The second kappa shape index (κ2) is 16.6. The standard InChI is InChI=1S/C8H14O8.C5H10O5/c9-1-5(11)3-15-7(13)8(14)16-4-6(12)2-10;6-1-4(7)2-10-3-5(8)9/h5-6,9-12H,1-4H2;4,6-7H,1-3H2,(H,8,9). The number of esters is 2. The van der Waals surface area contributed by atoms with Gasteiger partial charge in [0.05, 0.1) is 26.4 Å². The lowest BCUT2D eigenvalue weighted by molar-refractivity contribution is -0.171. The van der Waals surface area contributed by atoms with Crippen LogP contribution >= 0.6 is 0 Å². The van der Waals surface area contributed by atoms with E-state index in [1.807, 2.05) is 0 Å². The van der Waals surface area contributed by atoms with Gasteiger partial charge in [0.2, 0.25) is 0 Å². The molecule has 0 aromatic carbocycles. The molecule has 0 bridgehead atoms. The van der Waals surface area contributed by atoms with Crippen molar-refractivity contribution in [3.63, 3.8) is 0 Å². The molecule has 0 aromatic rings. The maximum atomic E-state index is 10.8. The first-order valence-electron chi connectivity index (χ1n) is 7.18. The summed E-state index contributed by atoms with van der Waals surface area (Å²) >= 11 is 0. The number of carboxylic acids is 1. The SMILES string of the molecule is O=C(O)COCC(O)CO.O=C(OCC(O)CO)C(=O)OCC(O)CO. The fourth-order valence-electron chi connectivity index (χ4n) is 0.902. The first-order valence-corrected chi connectivity index (χ1v) is 7.18. The van der Waals surface area contributed by atoms with Crippen molar-refractivity contribution >= 4 is 17.9 Å². The van der Waals surface area contributed by atoms with Crippen LogP contribution in [0.3, 0.4) is 0 Å². The molecule has 0 aliphatic carbocycles. The molecule has 13 nitrogen and oxygen atoms in total. The van der Waals surface area contributed by atoms with Crippen molar-refractivity contribution in [3.05, 3.63) is 0 Å². The molecule has 0 fully saturated rings. The van der Waals surface area contributed by atoms with Gasteiger partial charge in [-0.1, -0.05) is 0 Å². The van der Waals surface area contributed by atoms with Gasteiger partial charge in [-0.05, 0) is 0 Å². The number of carbonyl (C=O) groups excluding carboxylic acids is 2. The van der Waals surface area contributed by atoms with E-state index in [2.05, 4.69) is 14.2 Å². The third-order valence-corrected chi connectivity index (χ3v) is 2.15. The van der Waals surface area contributed by atoms with Crippen LogP contribution in [0.1, 0.15) is 0 Å². The first kappa shape index (κ1) is 26.4. The average Bonchev–Trinajstić information content (AvgIpc) is 2.63. The Bertz CT molecular complexity index is 375. The van der Waals surface area contributed by atoms with E-state index in [0.717, 1.165) is 0 Å². The summed E-state index contributed by atoms with van der Waals surface area (Å²) in [7, 11) is 0. The first-order chi connectivity index (χ1) is 12.2. The molecule has 26 heavy (non-hydrogen) atoms. The molecule has 0 radical (unpaired) electrons. The molecule has 0 aliphatic heterocycles. The normalized spacial score (nSPS) is 13.6. The van der Waals surface area contributed by atoms with Crippen molar-refractivity contribution in [3.8, 4) is 0 Å². The van der Waals surface area contributed by atoms with Crippen LogP contribution in [0.5, 0.6) is 0 Å². The van der Waals surface area contributed by atoms with Gasteiger partial charge in [0.15, 0.2) is 0 Å². The average molecular weight is 388 g/mol. The summed E-state index contributed by atoms with van der Waals surface area (Å²) in [6, 6.07) is 0. The maximum Gasteiger partial charge on any atom is 0.417 e. The molecule has 154 valence electrons. The molecule has 0 aromatic heterocycles. The van der Waals surface area contributed by atoms with E-state index in [9.17, 15) is 14.4 Å². The number of aliphatic carboxylic acids is 1. The van der Waals surface area contributed by atoms with Crippen molar-refractivity contribution in [2.45, 2.75) is 18.3 Å². The third-order valence-electron chi connectivity index (χ3n) is 2.15. The van der Waals surface area contributed by atoms with E-state index >= 15 is 0 Å². The molecule has 0 saturated carbocycles. The molecule has 0 amide bonds.